The number of hydrogen-bond donors (Lipinski definition) is 6. The van der Waals surface area contributed by atoms with Crippen LogP contribution in [0.25, 0.3) is 0 Å². The zero-order valence-electron chi connectivity index (χ0n) is 15.9. The molecule has 0 radical (unpaired) electrons. The highest BCUT2D eigenvalue weighted by Gasteiger charge is 2.12. The van der Waals surface area contributed by atoms with Crippen molar-refractivity contribution in [3.63, 3.8) is 0 Å². The minimum Gasteiger partial charge on any atom is -0.384 e. The Morgan fingerprint density at radius 3 is 1.37 bits per heavy atom. The van der Waals surface area contributed by atoms with Crippen molar-refractivity contribution in [3.8, 4) is 0 Å². The molecule has 0 bridgehead atoms. The van der Waals surface area contributed by atoms with Crippen LogP contribution in [0.4, 0.5) is 11.4 Å². The van der Waals surface area contributed by atoms with Crippen molar-refractivity contribution in [2.24, 2.45) is 11.5 Å². The van der Waals surface area contributed by atoms with Gasteiger partial charge in [0, 0.05) is 33.6 Å². The number of anilines is 2. The largest absolute Gasteiger partial charge is 0.384 e. The monoisotopic (exact) mass is 400 g/mol. The number of hydrogen-bond acceptors (Lipinski definition) is 4. The van der Waals surface area contributed by atoms with Gasteiger partial charge in [0.15, 0.2) is 0 Å². The van der Waals surface area contributed by atoms with Crippen molar-refractivity contribution in [1.82, 2.24) is 0 Å². The standard InChI is InChI=1S/C22H20N6O2/c23-19(24)13-4-2-8-17(11-13)27-21(29)15-6-1-7-16(10-15)22(30)28-18-9-3-5-14(12-18)20(25)26/h1-12H,(H3,23,24)(H3,25,26)(H,27,29)(H,28,30). The molecule has 0 spiro atoms. The maximum atomic E-state index is 12.6. The lowest BCUT2D eigenvalue weighted by Crippen LogP contribution is -2.17. The number of nitrogen functional groups attached to an aromatic ring is 2. The molecule has 8 nitrogen and oxygen atoms in total. The van der Waals surface area contributed by atoms with E-state index >= 15 is 0 Å². The third-order valence-corrected chi connectivity index (χ3v) is 4.25. The molecule has 2 amide bonds. The fourth-order valence-corrected chi connectivity index (χ4v) is 2.74. The second kappa shape index (κ2) is 8.70. The topological polar surface area (TPSA) is 158 Å². The zero-order chi connectivity index (χ0) is 21.7. The van der Waals surface area contributed by atoms with Gasteiger partial charge in [0.25, 0.3) is 11.8 Å². The highest BCUT2D eigenvalue weighted by molar-refractivity contribution is 6.09. The number of amidine groups is 2. The van der Waals surface area contributed by atoms with Crippen LogP contribution in [0.2, 0.25) is 0 Å². The summed E-state index contributed by atoms with van der Waals surface area (Å²) in [5, 5.41) is 20.4. The third kappa shape index (κ3) is 4.87. The predicted octanol–water partition coefficient (Wildman–Crippen LogP) is 2.76. The fraction of sp³-hybridized carbons (Fsp3) is 0. The molecule has 0 fully saturated rings. The Labute approximate surface area is 172 Å². The van der Waals surface area contributed by atoms with Gasteiger partial charge >= 0.3 is 0 Å². The van der Waals surface area contributed by atoms with E-state index in [2.05, 4.69) is 10.6 Å². The van der Waals surface area contributed by atoms with E-state index in [0.717, 1.165) is 0 Å². The molecule has 0 aliphatic rings. The van der Waals surface area contributed by atoms with Crippen molar-refractivity contribution in [2.75, 3.05) is 10.6 Å². The van der Waals surface area contributed by atoms with Crippen LogP contribution in [0.15, 0.2) is 72.8 Å². The Balaban J connectivity index is 1.75. The number of benzene rings is 3. The van der Waals surface area contributed by atoms with Crippen LogP contribution in [0.3, 0.4) is 0 Å². The van der Waals surface area contributed by atoms with E-state index in [1.165, 1.54) is 6.07 Å². The first kappa shape index (κ1) is 20.3. The molecular weight excluding hydrogens is 380 g/mol. The molecule has 0 saturated heterocycles. The van der Waals surface area contributed by atoms with E-state index in [9.17, 15) is 9.59 Å². The summed E-state index contributed by atoms with van der Waals surface area (Å²) in [7, 11) is 0. The van der Waals surface area contributed by atoms with Crippen molar-refractivity contribution in [1.29, 1.82) is 10.8 Å². The minimum atomic E-state index is -0.399. The Kier molecular flexibility index (Phi) is 5.88. The number of nitrogens with one attached hydrogen (secondary N) is 4. The summed E-state index contributed by atoms with van der Waals surface area (Å²) in [6.45, 7) is 0. The molecule has 0 aromatic heterocycles. The van der Waals surface area contributed by atoms with Crippen LogP contribution in [0.5, 0.6) is 0 Å². The molecule has 3 aromatic rings. The molecule has 0 aliphatic carbocycles. The minimum absolute atomic E-state index is 0.0985. The molecule has 0 aliphatic heterocycles. The Hall–Kier alpha value is -4.46. The average molecular weight is 400 g/mol. The van der Waals surface area contributed by atoms with Crippen molar-refractivity contribution >= 4 is 34.9 Å². The molecule has 8 N–H and O–H groups in total. The lowest BCUT2D eigenvalue weighted by Gasteiger charge is -2.09. The van der Waals surface area contributed by atoms with Crippen molar-refractivity contribution in [2.45, 2.75) is 0 Å². The van der Waals surface area contributed by atoms with Crippen LogP contribution in [0, 0.1) is 10.8 Å². The molecule has 0 unspecified atom stereocenters. The van der Waals surface area contributed by atoms with Crippen molar-refractivity contribution < 1.29 is 9.59 Å². The lowest BCUT2D eigenvalue weighted by atomic mass is 10.1. The first-order valence-corrected chi connectivity index (χ1v) is 8.95. The van der Waals surface area contributed by atoms with Crippen LogP contribution in [0.1, 0.15) is 31.8 Å². The number of amides is 2. The number of rotatable bonds is 6. The molecule has 3 aromatic carbocycles. The van der Waals surface area contributed by atoms with Gasteiger partial charge in [-0.05, 0) is 42.5 Å². The summed E-state index contributed by atoms with van der Waals surface area (Å²) < 4.78 is 0. The van der Waals surface area contributed by atoms with E-state index in [1.807, 2.05) is 0 Å². The third-order valence-electron chi connectivity index (χ3n) is 4.25. The number of carbonyl (C=O) groups excluding carboxylic acids is 2. The molecule has 150 valence electrons. The van der Waals surface area contributed by atoms with Gasteiger partial charge in [-0.15, -0.1) is 0 Å². The summed E-state index contributed by atoms with van der Waals surface area (Å²) in [5.41, 5.74) is 13.5. The highest BCUT2D eigenvalue weighted by Crippen LogP contribution is 2.15. The molecule has 8 heteroatoms. The van der Waals surface area contributed by atoms with Gasteiger partial charge in [-0.3, -0.25) is 20.4 Å². The van der Waals surface area contributed by atoms with E-state index in [4.69, 9.17) is 22.3 Å². The maximum Gasteiger partial charge on any atom is 0.255 e. The normalized spacial score (nSPS) is 10.1. The summed E-state index contributed by atoms with van der Waals surface area (Å²) in [5.74, 6) is -0.995. The zero-order valence-corrected chi connectivity index (χ0v) is 15.9. The average Bonchev–Trinajstić information content (AvgIpc) is 2.74. The first-order chi connectivity index (χ1) is 14.3. The molecule has 0 atom stereocenters. The Morgan fingerprint density at radius 2 is 0.967 bits per heavy atom. The van der Waals surface area contributed by atoms with Crippen molar-refractivity contribution in [3.05, 3.63) is 95.1 Å². The molecule has 0 saturated carbocycles. The Bertz CT molecular complexity index is 1070. The van der Waals surface area contributed by atoms with Crippen LogP contribution >= 0.6 is 0 Å². The molecule has 3 rings (SSSR count). The smallest absolute Gasteiger partial charge is 0.255 e. The number of carbonyl (C=O) groups is 2. The van der Waals surface area contributed by atoms with Gasteiger partial charge in [-0.2, -0.15) is 0 Å². The van der Waals surface area contributed by atoms with E-state index in [1.54, 1.807) is 66.7 Å². The van der Waals surface area contributed by atoms with Crippen LogP contribution in [-0.4, -0.2) is 23.5 Å². The summed E-state index contributed by atoms with van der Waals surface area (Å²) in [6, 6.07) is 19.6. The van der Waals surface area contributed by atoms with Gasteiger partial charge in [-0.1, -0.05) is 30.3 Å². The maximum absolute atomic E-state index is 12.6. The van der Waals surface area contributed by atoms with Gasteiger partial charge in [-0.25, -0.2) is 0 Å². The van der Waals surface area contributed by atoms with Gasteiger partial charge in [0.2, 0.25) is 0 Å². The molecule has 30 heavy (non-hydrogen) atoms. The first-order valence-electron chi connectivity index (χ1n) is 8.95. The van der Waals surface area contributed by atoms with Gasteiger partial charge in [0.05, 0.1) is 0 Å². The molecule has 0 heterocycles. The van der Waals surface area contributed by atoms with Crippen LogP contribution < -0.4 is 22.1 Å². The Morgan fingerprint density at radius 1 is 0.600 bits per heavy atom. The highest BCUT2D eigenvalue weighted by atomic mass is 16.2. The summed E-state index contributed by atoms with van der Waals surface area (Å²) >= 11 is 0. The summed E-state index contributed by atoms with van der Waals surface area (Å²) in [6.07, 6.45) is 0. The van der Waals surface area contributed by atoms with E-state index < -0.39 is 11.8 Å². The molecular formula is C22H20N6O2. The van der Waals surface area contributed by atoms with Crippen LogP contribution in [-0.2, 0) is 0 Å². The predicted molar refractivity (Wildman–Crippen MR) is 117 cm³/mol. The lowest BCUT2D eigenvalue weighted by molar-refractivity contribution is 0.102. The van der Waals surface area contributed by atoms with Gasteiger partial charge in [0.1, 0.15) is 11.7 Å². The number of nitrogens with two attached hydrogens (primary N) is 2. The van der Waals surface area contributed by atoms with Gasteiger partial charge < -0.3 is 22.1 Å². The fourth-order valence-electron chi connectivity index (χ4n) is 2.74. The second-order valence-electron chi connectivity index (χ2n) is 6.48. The SMILES string of the molecule is N=C(N)c1cccc(NC(=O)c2cccc(C(=O)Nc3cccc(C(=N)N)c3)c2)c1. The van der Waals surface area contributed by atoms with E-state index in [0.29, 0.717) is 33.6 Å². The van der Waals surface area contributed by atoms with E-state index in [-0.39, 0.29) is 11.7 Å². The summed E-state index contributed by atoms with van der Waals surface area (Å²) in [4.78, 5) is 25.2. The quantitative estimate of drug-likeness (QED) is 0.278. The second-order valence-corrected chi connectivity index (χ2v) is 6.48.